The summed E-state index contributed by atoms with van der Waals surface area (Å²) in [6, 6.07) is 3.46. The molecule has 4 fully saturated rings. The second-order valence-corrected chi connectivity index (χ2v) is 12.0. The van der Waals surface area contributed by atoms with Gasteiger partial charge in [0, 0.05) is 60.8 Å². The summed E-state index contributed by atoms with van der Waals surface area (Å²) in [5.74, 6) is -0.0246. The van der Waals surface area contributed by atoms with Gasteiger partial charge in [0.1, 0.15) is 12.2 Å². The van der Waals surface area contributed by atoms with E-state index in [-0.39, 0.29) is 35.8 Å². The van der Waals surface area contributed by atoms with Crippen LogP contribution in [0, 0.1) is 11.8 Å². The number of aromatic nitrogens is 3. The minimum atomic E-state index is -0.405. The first-order valence-corrected chi connectivity index (χ1v) is 16.1. The van der Waals surface area contributed by atoms with E-state index in [0.717, 1.165) is 62.8 Å². The molecular weight excluding hydrogens is 582 g/mol. The first-order chi connectivity index (χ1) is 21.9. The second kappa shape index (κ2) is 15.7. The monoisotopic (exact) mass is 627 g/mol. The normalized spacial score (nSPS) is 24.5. The van der Waals surface area contributed by atoms with Crippen molar-refractivity contribution in [2.24, 2.45) is 22.6 Å². The average molecular weight is 628 g/mol. The highest BCUT2D eigenvalue weighted by Crippen LogP contribution is 2.41. The molecule has 5 heterocycles. The molecule has 0 amide bonds. The van der Waals surface area contributed by atoms with Crippen molar-refractivity contribution in [3.63, 3.8) is 0 Å². The van der Waals surface area contributed by atoms with Crippen LogP contribution >= 0.6 is 0 Å². The molecule has 1 spiro atoms. The summed E-state index contributed by atoms with van der Waals surface area (Å²) in [6.07, 6.45) is 12.3. The van der Waals surface area contributed by atoms with Gasteiger partial charge >= 0.3 is 5.97 Å². The molecule has 7 rings (SSSR count). The summed E-state index contributed by atoms with van der Waals surface area (Å²) >= 11 is 0. The summed E-state index contributed by atoms with van der Waals surface area (Å²) in [4.78, 5) is 43.6. The van der Waals surface area contributed by atoms with Gasteiger partial charge in [0.15, 0.2) is 17.7 Å². The SMILES string of the molecule is CCOC(=O)CC(=O)C1CCC(C2OCCO2)CC1.NC1=CC=NC1.O=c1cc(C2CCC3(CC2)OCCO3)nc2cc[nH]n12. The van der Waals surface area contributed by atoms with Gasteiger partial charge in [-0.1, -0.05) is 0 Å². The van der Waals surface area contributed by atoms with Crippen molar-refractivity contribution in [3.05, 3.63) is 46.2 Å². The number of allylic oxidation sites excluding steroid dienone is 1. The minimum absolute atomic E-state index is 0.00191. The Morgan fingerprint density at radius 3 is 2.38 bits per heavy atom. The Balaban J connectivity index is 0.000000151. The number of hydrogen-bond donors (Lipinski definition) is 2. The summed E-state index contributed by atoms with van der Waals surface area (Å²) in [5, 5.41) is 2.86. The third-order valence-corrected chi connectivity index (χ3v) is 8.93. The van der Waals surface area contributed by atoms with Crippen LogP contribution in [0.3, 0.4) is 0 Å². The molecular formula is C32H45N5O8. The maximum Gasteiger partial charge on any atom is 0.313 e. The van der Waals surface area contributed by atoms with Gasteiger partial charge in [0.05, 0.1) is 45.3 Å². The summed E-state index contributed by atoms with van der Waals surface area (Å²) in [5.41, 5.74) is 7.65. The van der Waals surface area contributed by atoms with Crippen molar-refractivity contribution < 1.29 is 33.3 Å². The van der Waals surface area contributed by atoms with Crippen LogP contribution in [0.15, 0.2) is 39.9 Å². The number of nitrogens with zero attached hydrogens (tertiary/aromatic N) is 3. The zero-order chi connectivity index (χ0) is 31.6. The summed E-state index contributed by atoms with van der Waals surface area (Å²) < 4.78 is 28.7. The number of aliphatic imine (C=N–C) groups is 1. The van der Waals surface area contributed by atoms with E-state index in [2.05, 4.69) is 15.1 Å². The van der Waals surface area contributed by atoms with Gasteiger partial charge in [0.2, 0.25) is 0 Å². The van der Waals surface area contributed by atoms with Crippen molar-refractivity contribution in [1.82, 2.24) is 14.6 Å². The van der Waals surface area contributed by atoms with Crippen LogP contribution in [0.1, 0.15) is 76.3 Å². The van der Waals surface area contributed by atoms with Crippen molar-refractivity contribution in [2.45, 2.75) is 82.7 Å². The zero-order valence-electron chi connectivity index (χ0n) is 26.0. The predicted molar refractivity (Wildman–Crippen MR) is 165 cm³/mol. The van der Waals surface area contributed by atoms with E-state index in [4.69, 9.17) is 29.4 Å². The van der Waals surface area contributed by atoms with Gasteiger partial charge < -0.3 is 29.4 Å². The maximum absolute atomic E-state index is 12.0. The third-order valence-electron chi connectivity index (χ3n) is 8.93. The topological polar surface area (TPSA) is 169 Å². The minimum Gasteiger partial charge on any atom is -0.466 e. The molecule has 2 saturated carbocycles. The smallest absolute Gasteiger partial charge is 0.313 e. The van der Waals surface area contributed by atoms with Gasteiger partial charge in [-0.2, -0.15) is 0 Å². The van der Waals surface area contributed by atoms with Crippen LogP contribution in [0.5, 0.6) is 0 Å². The van der Waals surface area contributed by atoms with Crippen LogP contribution in [0.4, 0.5) is 0 Å². The van der Waals surface area contributed by atoms with Crippen LogP contribution < -0.4 is 11.3 Å². The number of ketones is 1. The fraction of sp³-hybridized carbons (Fsp3) is 0.656. The number of ether oxygens (including phenoxy) is 5. The van der Waals surface area contributed by atoms with E-state index in [9.17, 15) is 14.4 Å². The first-order valence-electron chi connectivity index (χ1n) is 16.1. The fourth-order valence-electron chi connectivity index (χ4n) is 6.51. The number of fused-ring (bicyclic) bond motifs is 1. The Morgan fingerprint density at radius 2 is 1.78 bits per heavy atom. The Kier molecular flexibility index (Phi) is 11.5. The molecule has 246 valence electrons. The lowest BCUT2D eigenvalue weighted by atomic mass is 9.79. The molecule has 3 N–H and O–H groups in total. The molecule has 0 radical (unpaired) electrons. The molecule has 13 heteroatoms. The fourth-order valence-corrected chi connectivity index (χ4v) is 6.51. The molecule has 5 aliphatic rings. The summed E-state index contributed by atoms with van der Waals surface area (Å²) in [7, 11) is 0. The maximum atomic E-state index is 12.0. The molecule has 2 aromatic heterocycles. The highest BCUT2D eigenvalue weighted by atomic mass is 16.7. The zero-order valence-corrected chi connectivity index (χ0v) is 26.0. The number of nitrogens with one attached hydrogen (secondary N) is 1. The standard InChI is InChI=1S/C14H17N3O3.C14H22O5.C4H6N2/c18-13-9-11(16-12-3-6-15-17(12)13)10-1-4-14(5-2-10)19-7-8-20-14;1-2-17-13(16)9-12(15)10-3-5-11(6-4-10)14-18-7-8-19-14;5-4-1-2-6-3-4/h3,6,9-10,15H,1-2,4-5,7-8H2;10-11,14H,2-9H2,1H3;1-2H,3,5H2. The number of aromatic amines is 1. The number of H-pyrrole nitrogens is 1. The van der Waals surface area contributed by atoms with Gasteiger partial charge in [-0.25, -0.2) is 9.50 Å². The molecule has 0 unspecified atom stereocenters. The van der Waals surface area contributed by atoms with Crippen LogP contribution in [-0.4, -0.2) is 84.2 Å². The molecule has 0 atom stereocenters. The van der Waals surface area contributed by atoms with Crippen LogP contribution in [-0.2, 0) is 33.3 Å². The lowest BCUT2D eigenvalue weighted by molar-refractivity contribution is -0.178. The number of esters is 1. The number of carbonyl (C=O) groups is 2. The number of carbonyl (C=O) groups excluding carboxylic acids is 2. The van der Waals surface area contributed by atoms with E-state index in [1.54, 1.807) is 31.5 Å². The lowest BCUT2D eigenvalue weighted by Gasteiger charge is -2.35. The van der Waals surface area contributed by atoms with Gasteiger partial charge in [-0.05, 0) is 51.5 Å². The van der Waals surface area contributed by atoms with Crippen molar-refractivity contribution >= 4 is 23.6 Å². The van der Waals surface area contributed by atoms with Gasteiger partial charge in [-0.3, -0.25) is 24.5 Å². The van der Waals surface area contributed by atoms with E-state index < -0.39 is 5.97 Å². The number of nitrogens with two attached hydrogens (primary N) is 1. The van der Waals surface area contributed by atoms with E-state index in [0.29, 0.717) is 57.1 Å². The van der Waals surface area contributed by atoms with Crippen molar-refractivity contribution in [2.75, 3.05) is 39.6 Å². The largest absolute Gasteiger partial charge is 0.466 e. The number of Topliss-reactive ketones (excluding diaryl/α,β-unsaturated/α-hetero) is 1. The Hall–Kier alpha value is -3.39. The van der Waals surface area contributed by atoms with Crippen LogP contribution in [0.2, 0.25) is 0 Å². The average Bonchev–Trinajstić information content (AvgIpc) is 3.88. The lowest BCUT2D eigenvalue weighted by Crippen LogP contribution is -2.35. The number of hydrogen-bond acceptors (Lipinski definition) is 11. The molecule has 2 saturated heterocycles. The Labute approximate surface area is 262 Å². The number of rotatable bonds is 6. The van der Waals surface area contributed by atoms with Crippen molar-refractivity contribution in [3.8, 4) is 0 Å². The molecule has 0 bridgehead atoms. The van der Waals surface area contributed by atoms with Crippen LogP contribution in [0.25, 0.3) is 5.65 Å². The predicted octanol–water partition coefficient (Wildman–Crippen LogP) is 3.02. The van der Waals surface area contributed by atoms with E-state index >= 15 is 0 Å². The molecule has 13 nitrogen and oxygen atoms in total. The van der Waals surface area contributed by atoms with E-state index in [1.807, 2.05) is 6.07 Å². The highest BCUT2D eigenvalue weighted by Gasteiger charge is 2.41. The van der Waals surface area contributed by atoms with Gasteiger partial charge in [-0.15, -0.1) is 0 Å². The highest BCUT2D eigenvalue weighted by molar-refractivity contribution is 5.96. The first kappa shape index (κ1) is 33.0. The quantitative estimate of drug-likeness (QED) is 0.359. The summed E-state index contributed by atoms with van der Waals surface area (Å²) in [6.45, 7) is 5.50. The molecule has 3 aliphatic heterocycles. The van der Waals surface area contributed by atoms with Crippen molar-refractivity contribution in [1.29, 1.82) is 0 Å². The third kappa shape index (κ3) is 8.87. The Bertz CT molecular complexity index is 1390. The Morgan fingerprint density at radius 1 is 1.07 bits per heavy atom. The molecule has 2 aliphatic carbocycles. The second-order valence-electron chi connectivity index (χ2n) is 12.0. The van der Waals surface area contributed by atoms with E-state index in [1.165, 1.54) is 4.52 Å². The molecule has 2 aromatic rings. The van der Waals surface area contributed by atoms with Gasteiger partial charge in [0.25, 0.3) is 5.56 Å². The molecule has 45 heavy (non-hydrogen) atoms. The molecule has 0 aromatic carbocycles.